The van der Waals surface area contributed by atoms with Crippen molar-refractivity contribution in [1.82, 2.24) is 9.80 Å². The highest BCUT2D eigenvalue weighted by atomic mass is 19.1. The highest BCUT2D eigenvalue weighted by Gasteiger charge is 2.42. The Morgan fingerprint density at radius 2 is 0.814 bits per heavy atom. The van der Waals surface area contributed by atoms with E-state index in [1.54, 1.807) is 60.7 Å². The van der Waals surface area contributed by atoms with Crippen LogP contribution in [0.5, 0.6) is 11.5 Å². The summed E-state index contributed by atoms with van der Waals surface area (Å²) in [5.74, 6) is -0.395. The Labute approximate surface area is 406 Å². The van der Waals surface area contributed by atoms with Crippen LogP contribution in [0.25, 0.3) is 0 Å². The van der Waals surface area contributed by atoms with Crippen LogP contribution in [-0.4, -0.2) is 60.2 Å². The summed E-state index contributed by atoms with van der Waals surface area (Å²) < 4.78 is 60.3. The van der Waals surface area contributed by atoms with E-state index in [1.165, 1.54) is 36.2 Å². The Morgan fingerprint density at radius 1 is 0.457 bits per heavy atom. The van der Waals surface area contributed by atoms with Gasteiger partial charge in [-0.1, -0.05) is 121 Å². The summed E-state index contributed by atoms with van der Waals surface area (Å²) in [6, 6.07) is 44.1. The van der Waals surface area contributed by atoms with E-state index < -0.39 is 36.2 Å². The third-order valence-corrected chi connectivity index (χ3v) is 12.3. The molecule has 6 aromatic rings. The summed E-state index contributed by atoms with van der Waals surface area (Å²) >= 11 is 0. The van der Waals surface area contributed by atoms with Crippen LogP contribution >= 0.6 is 0 Å². The van der Waals surface area contributed by atoms with Gasteiger partial charge in [-0.3, -0.25) is 9.80 Å². The number of ether oxygens (including phenoxy) is 6. The van der Waals surface area contributed by atoms with Gasteiger partial charge in [0.15, 0.2) is 0 Å². The molecule has 4 atom stereocenters. The molecule has 2 saturated heterocycles. The number of nitrogens with zero attached hydrogens (tertiary/aromatic N) is 2. The molecule has 0 saturated carbocycles. The fourth-order valence-corrected chi connectivity index (χ4v) is 8.61. The highest BCUT2D eigenvalue weighted by Crippen LogP contribution is 2.38. The van der Waals surface area contributed by atoms with Crippen molar-refractivity contribution in [3.05, 3.63) is 203 Å². The predicted molar refractivity (Wildman–Crippen MR) is 256 cm³/mol. The number of esters is 2. The van der Waals surface area contributed by atoms with Crippen molar-refractivity contribution in [2.75, 3.05) is 14.2 Å². The summed E-state index contributed by atoms with van der Waals surface area (Å²) in [5, 5.41) is 0. The number of benzene rings is 6. The summed E-state index contributed by atoms with van der Waals surface area (Å²) in [6.07, 6.45) is 2.78. The number of carbonyl (C=O) groups excluding carboxylic acids is 4. The number of hydrogen-bond donors (Lipinski definition) is 0. The molecule has 2 aliphatic rings. The van der Waals surface area contributed by atoms with Crippen molar-refractivity contribution in [3.8, 4) is 11.5 Å². The van der Waals surface area contributed by atoms with E-state index in [2.05, 4.69) is 0 Å². The van der Waals surface area contributed by atoms with Crippen LogP contribution < -0.4 is 9.47 Å². The molecule has 12 nitrogen and oxygen atoms in total. The van der Waals surface area contributed by atoms with Gasteiger partial charge in [0.25, 0.3) is 0 Å². The Morgan fingerprint density at radius 3 is 1.17 bits per heavy atom. The van der Waals surface area contributed by atoms with Gasteiger partial charge in [-0.2, -0.15) is 0 Å². The average molecular weight is 955 g/mol. The normalized spacial score (nSPS) is 17.5. The van der Waals surface area contributed by atoms with E-state index in [9.17, 15) is 28.0 Å². The smallest absolute Gasteiger partial charge is 0.411 e. The van der Waals surface area contributed by atoms with Crippen LogP contribution in [0.15, 0.2) is 158 Å². The number of amides is 2. The van der Waals surface area contributed by atoms with Gasteiger partial charge in [-0.05, 0) is 97.2 Å². The van der Waals surface area contributed by atoms with Gasteiger partial charge in [0, 0.05) is 11.1 Å². The number of carbonyl (C=O) groups is 4. The van der Waals surface area contributed by atoms with Gasteiger partial charge in [0.2, 0.25) is 0 Å². The second-order valence-corrected chi connectivity index (χ2v) is 16.8. The lowest BCUT2D eigenvalue weighted by Crippen LogP contribution is -2.50. The Kier molecular flexibility index (Phi) is 17.9. The van der Waals surface area contributed by atoms with Crippen LogP contribution in [0.1, 0.15) is 84.0 Å². The zero-order chi connectivity index (χ0) is 49.2. The average Bonchev–Trinajstić information content (AvgIpc) is 3.41. The van der Waals surface area contributed by atoms with Crippen molar-refractivity contribution < 1.29 is 56.4 Å². The maximum absolute atomic E-state index is 13.9. The molecular weight excluding hydrogens is 899 g/mol. The number of rotatable bonds is 14. The maximum Gasteiger partial charge on any atom is 0.411 e. The molecule has 364 valence electrons. The first-order chi connectivity index (χ1) is 34.1. The van der Waals surface area contributed by atoms with Crippen LogP contribution in [0.2, 0.25) is 0 Å². The predicted octanol–water partition coefficient (Wildman–Crippen LogP) is 11.6. The number of methoxy groups -OCH3 is 2. The van der Waals surface area contributed by atoms with Crippen molar-refractivity contribution >= 4 is 24.1 Å². The monoisotopic (exact) mass is 954 g/mol. The van der Waals surface area contributed by atoms with Gasteiger partial charge in [-0.25, -0.2) is 28.0 Å². The van der Waals surface area contributed by atoms with E-state index in [0.717, 1.165) is 35.1 Å². The van der Waals surface area contributed by atoms with Crippen LogP contribution in [0.3, 0.4) is 0 Å². The summed E-state index contributed by atoms with van der Waals surface area (Å²) in [6.45, 7) is 0.439. The molecule has 2 aliphatic heterocycles. The Bertz CT molecular complexity index is 2450. The zero-order valence-corrected chi connectivity index (χ0v) is 39.1. The van der Waals surface area contributed by atoms with Crippen molar-refractivity contribution in [3.63, 3.8) is 0 Å². The van der Waals surface area contributed by atoms with Crippen molar-refractivity contribution in [1.29, 1.82) is 0 Å². The topological polar surface area (TPSA) is 130 Å². The van der Waals surface area contributed by atoms with Crippen LogP contribution in [0.4, 0.5) is 18.4 Å². The second-order valence-electron chi connectivity index (χ2n) is 16.8. The fraction of sp³-hybridized carbons (Fsp3) is 0.286. The quantitative estimate of drug-likeness (QED) is 0.0768. The number of piperidine rings is 2. The molecule has 6 aromatic carbocycles. The first kappa shape index (κ1) is 50.1. The first-order valence-corrected chi connectivity index (χ1v) is 23.2. The molecule has 0 aliphatic carbocycles. The second kappa shape index (κ2) is 25.0. The third-order valence-electron chi connectivity index (χ3n) is 12.3. The summed E-state index contributed by atoms with van der Waals surface area (Å²) in [5.41, 5.74) is 4.37. The Hall–Kier alpha value is -7.74. The van der Waals surface area contributed by atoms with Gasteiger partial charge in [0.05, 0.1) is 26.3 Å². The lowest BCUT2D eigenvalue weighted by Gasteiger charge is -2.40. The van der Waals surface area contributed by atoms with E-state index in [0.29, 0.717) is 48.3 Å². The molecule has 2 fully saturated rings. The molecule has 0 unspecified atom stereocenters. The zero-order valence-electron chi connectivity index (χ0n) is 39.1. The Balaban J connectivity index is 0.000000206. The maximum atomic E-state index is 13.9. The molecule has 2 amide bonds. The first-order valence-electron chi connectivity index (χ1n) is 23.2. The third kappa shape index (κ3) is 13.3. The minimum atomic E-state index is -0.723. The standard InChI is InChI=1S/2C28H28FNO5/c2*1-33-27(31)26-13-7-12-25(30(26)28(32)35-18-20-8-3-2-4-9-20)21-14-16-23(17-15-21)34-19-22-10-5-6-11-24(22)29/h2*2-6,8-11,14-17,25-26H,7,12-13,18-19H2,1H3/t2*25-,26+/m10/s1. The SMILES string of the molecule is COC(=O)[C@@H]1CCC[C@H](c2ccc(OCc3ccccc3F)cc2)N1C(=O)OCc1ccccc1.COC(=O)[C@H]1CCC[C@@H](c2ccc(OCc3ccccc3F)cc2)N1C(=O)OCc1ccccc1. The van der Waals surface area contributed by atoms with Crippen molar-refractivity contribution in [2.45, 2.75) is 89.1 Å². The fourth-order valence-electron chi connectivity index (χ4n) is 8.61. The molecule has 2 heterocycles. The van der Waals surface area contributed by atoms with E-state index in [-0.39, 0.29) is 50.1 Å². The summed E-state index contributed by atoms with van der Waals surface area (Å²) in [4.78, 5) is 54.4. The lowest BCUT2D eigenvalue weighted by molar-refractivity contribution is -0.149. The van der Waals surface area contributed by atoms with Gasteiger partial charge >= 0.3 is 24.1 Å². The number of halogens is 2. The molecule has 8 rings (SSSR count). The molecule has 0 N–H and O–H groups in total. The molecule has 14 heteroatoms. The number of hydrogen-bond acceptors (Lipinski definition) is 10. The van der Waals surface area contributed by atoms with Gasteiger partial charge in [0.1, 0.15) is 61.6 Å². The van der Waals surface area contributed by atoms with E-state index in [1.807, 2.05) is 84.9 Å². The lowest BCUT2D eigenvalue weighted by atomic mass is 9.91. The molecule has 0 spiro atoms. The highest BCUT2D eigenvalue weighted by molar-refractivity contribution is 5.83. The molecule has 0 aromatic heterocycles. The largest absolute Gasteiger partial charge is 0.489 e. The molecule has 0 radical (unpaired) electrons. The number of likely N-dealkylation sites (tertiary alicyclic amines) is 2. The van der Waals surface area contributed by atoms with Crippen LogP contribution in [-0.2, 0) is 55.0 Å². The summed E-state index contributed by atoms with van der Waals surface area (Å²) in [7, 11) is 2.64. The minimum Gasteiger partial charge on any atom is -0.489 e. The van der Waals surface area contributed by atoms with E-state index >= 15 is 0 Å². The van der Waals surface area contributed by atoms with E-state index in [4.69, 9.17) is 28.4 Å². The van der Waals surface area contributed by atoms with Crippen LogP contribution in [0, 0.1) is 11.6 Å². The van der Waals surface area contributed by atoms with Gasteiger partial charge in [-0.15, -0.1) is 0 Å². The molecular formula is C56H56F2N2O10. The van der Waals surface area contributed by atoms with Gasteiger partial charge < -0.3 is 28.4 Å². The van der Waals surface area contributed by atoms with Crippen molar-refractivity contribution in [2.24, 2.45) is 0 Å². The molecule has 0 bridgehead atoms. The minimum absolute atomic E-state index is 0.109. The molecule has 70 heavy (non-hydrogen) atoms.